The number of piperidine rings is 1. The Morgan fingerprint density at radius 3 is 2.32 bits per heavy atom. The van der Waals surface area contributed by atoms with Gasteiger partial charge in [-0.15, -0.1) is 0 Å². The largest absolute Gasteiger partial charge is 0.488 e. The van der Waals surface area contributed by atoms with Gasteiger partial charge in [-0.3, -0.25) is 14.7 Å². The summed E-state index contributed by atoms with van der Waals surface area (Å²) in [6.07, 6.45) is 12.5. The summed E-state index contributed by atoms with van der Waals surface area (Å²) >= 11 is 0. The number of hydrogen-bond acceptors (Lipinski definition) is 8. The van der Waals surface area contributed by atoms with Gasteiger partial charge in [-0.2, -0.15) is 0 Å². The molecule has 34 heavy (non-hydrogen) atoms. The van der Waals surface area contributed by atoms with Crippen molar-refractivity contribution in [3.05, 3.63) is 52.5 Å². The summed E-state index contributed by atoms with van der Waals surface area (Å²) in [7, 11) is 1.81. The van der Waals surface area contributed by atoms with E-state index >= 15 is 0 Å². The number of fused-ring (bicyclic) bond motifs is 3. The summed E-state index contributed by atoms with van der Waals surface area (Å²) in [5.74, 6) is 0.948. The second-order valence-electron chi connectivity index (χ2n) is 9.93. The highest BCUT2D eigenvalue weighted by Gasteiger charge is 2.44. The first-order chi connectivity index (χ1) is 16.5. The third-order valence-electron chi connectivity index (χ3n) is 7.66. The van der Waals surface area contributed by atoms with Gasteiger partial charge in [0.2, 0.25) is 0 Å². The minimum absolute atomic E-state index is 0.0677. The van der Waals surface area contributed by atoms with Crippen molar-refractivity contribution in [1.29, 1.82) is 0 Å². The van der Waals surface area contributed by atoms with Gasteiger partial charge in [-0.05, 0) is 37.8 Å². The van der Waals surface area contributed by atoms with E-state index in [2.05, 4.69) is 32.9 Å². The normalized spacial score (nSPS) is 32.8. The first kappa shape index (κ1) is 21.7. The summed E-state index contributed by atoms with van der Waals surface area (Å²) < 4.78 is 20.1. The molecule has 2 bridgehead atoms. The van der Waals surface area contributed by atoms with E-state index in [1.165, 1.54) is 6.20 Å². The van der Waals surface area contributed by atoms with Crippen LogP contribution in [0, 0.1) is 0 Å². The lowest BCUT2D eigenvalue weighted by Gasteiger charge is -2.50. The highest BCUT2D eigenvalue weighted by Crippen LogP contribution is 2.40. The average molecular weight is 466 g/mol. The highest BCUT2D eigenvalue weighted by molar-refractivity contribution is 5.63. The number of morpholine rings is 1. The summed E-state index contributed by atoms with van der Waals surface area (Å²) in [5, 5.41) is 0. The maximum atomic E-state index is 12.4. The van der Waals surface area contributed by atoms with E-state index in [1.807, 2.05) is 7.05 Å². The minimum Gasteiger partial charge on any atom is -0.488 e. The number of aromatic nitrogens is 4. The molecule has 9 heteroatoms. The van der Waals surface area contributed by atoms with E-state index in [1.54, 1.807) is 23.0 Å². The molecule has 9 nitrogen and oxygen atoms in total. The molecule has 5 heterocycles. The van der Waals surface area contributed by atoms with Crippen LogP contribution in [0.3, 0.4) is 0 Å². The standard InChI is InChI=1S/C25H31N5O4/c1-15-20(30-13-18-10-19(14-30)32-18)11-21(24-23(15)28-12-22(31)29(24)2)33-16-4-6-17(7-5-16)34-25-26-8-3-9-27-25/h3,8-9,11-12,15-20H,4-7,10,13-14H2,1-2H3. The first-order valence-corrected chi connectivity index (χ1v) is 12.3. The molecule has 2 aliphatic carbocycles. The molecule has 0 amide bonds. The molecule has 1 saturated carbocycles. The van der Waals surface area contributed by atoms with Gasteiger partial charge in [0.05, 0.1) is 30.2 Å². The molecule has 0 aromatic carbocycles. The molecule has 0 N–H and O–H groups in total. The third-order valence-corrected chi connectivity index (χ3v) is 7.66. The Bertz CT molecular complexity index is 1110. The van der Waals surface area contributed by atoms with Gasteiger partial charge >= 0.3 is 6.01 Å². The molecule has 4 unspecified atom stereocenters. The van der Waals surface area contributed by atoms with Gasteiger partial charge < -0.3 is 18.8 Å². The van der Waals surface area contributed by atoms with Crippen molar-refractivity contribution in [2.75, 3.05) is 13.1 Å². The third kappa shape index (κ3) is 4.01. The van der Waals surface area contributed by atoms with Crippen molar-refractivity contribution in [2.45, 2.75) is 75.4 Å². The zero-order chi connectivity index (χ0) is 23.2. The van der Waals surface area contributed by atoms with Crippen molar-refractivity contribution in [2.24, 2.45) is 7.05 Å². The van der Waals surface area contributed by atoms with Crippen LogP contribution in [0.4, 0.5) is 0 Å². The molecule has 2 aromatic heterocycles. The number of hydrogen-bond donors (Lipinski definition) is 0. The van der Waals surface area contributed by atoms with Crippen LogP contribution < -0.4 is 10.3 Å². The molecular weight excluding hydrogens is 434 g/mol. The summed E-state index contributed by atoms with van der Waals surface area (Å²) in [6, 6.07) is 2.39. The van der Waals surface area contributed by atoms with E-state index in [9.17, 15) is 4.79 Å². The predicted molar refractivity (Wildman–Crippen MR) is 124 cm³/mol. The summed E-state index contributed by atoms with van der Waals surface area (Å²) in [6.45, 7) is 4.06. The van der Waals surface area contributed by atoms with E-state index in [0.29, 0.717) is 18.2 Å². The Balaban J connectivity index is 1.20. The Hall–Kier alpha value is -2.78. The number of rotatable bonds is 5. The van der Waals surface area contributed by atoms with Crippen LogP contribution in [0.25, 0.3) is 5.76 Å². The van der Waals surface area contributed by atoms with E-state index < -0.39 is 0 Å². The van der Waals surface area contributed by atoms with Crippen molar-refractivity contribution in [3.8, 4) is 6.01 Å². The molecule has 0 spiro atoms. The second kappa shape index (κ2) is 8.78. The second-order valence-corrected chi connectivity index (χ2v) is 9.93. The monoisotopic (exact) mass is 465 g/mol. The quantitative estimate of drug-likeness (QED) is 0.664. The first-order valence-electron chi connectivity index (χ1n) is 12.3. The fourth-order valence-electron chi connectivity index (χ4n) is 5.81. The van der Waals surface area contributed by atoms with Crippen molar-refractivity contribution < 1.29 is 14.2 Å². The van der Waals surface area contributed by atoms with Crippen LogP contribution in [-0.4, -0.2) is 68.0 Å². The maximum absolute atomic E-state index is 12.4. The van der Waals surface area contributed by atoms with Crippen LogP contribution in [0.5, 0.6) is 6.01 Å². The summed E-state index contributed by atoms with van der Waals surface area (Å²) in [4.78, 5) is 27.9. The molecule has 4 fully saturated rings. The van der Waals surface area contributed by atoms with E-state index in [-0.39, 0.29) is 29.7 Å². The van der Waals surface area contributed by atoms with E-state index in [4.69, 9.17) is 14.2 Å². The maximum Gasteiger partial charge on any atom is 0.316 e. The van der Waals surface area contributed by atoms with Crippen molar-refractivity contribution in [3.63, 3.8) is 0 Å². The van der Waals surface area contributed by atoms with Crippen LogP contribution in [0.15, 0.2) is 35.5 Å². The lowest BCUT2D eigenvalue weighted by atomic mass is 9.86. The lowest BCUT2D eigenvalue weighted by molar-refractivity contribution is -0.186. The van der Waals surface area contributed by atoms with E-state index in [0.717, 1.165) is 62.3 Å². The van der Waals surface area contributed by atoms with Crippen LogP contribution >= 0.6 is 0 Å². The average Bonchev–Trinajstić information content (AvgIpc) is 2.84. The van der Waals surface area contributed by atoms with Gasteiger partial charge in [0.25, 0.3) is 5.56 Å². The fraction of sp³-hybridized carbons (Fsp3) is 0.600. The molecule has 2 aromatic rings. The predicted octanol–water partition coefficient (Wildman–Crippen LogP) is 2.28. The van der Waals surface area contributed by atoms with Gasteiger partial charge in [-0.1, -0.05) is 6.92 Å². The van der Waals surface area contributed by atoms with Gasteiger partial charge in [0, 0.05) is 50.9 Å². The number of nitrogens with zero attached hydrogens (tertiary/aromatic N) is 5. The molecule has 0 radical (unpaired) electrons. The lowest BCUT2D eigenvalue weighted by Crippen LogP contribution is -2.60. The molecule has 180 valence electrons. The highest BCUT2D eigenvalue weighted by atomic mass is 16.5. The minimum atomic E-state index is -0.119. The smallest absolute Gasteiger partial charge is 0.316 e. The SMILES string of the molecule is CC1c2ncc(=O)n(C)c2C(OC2CCC(Oc3ncccn3)CC2)=CC1N1CC2CC(C1)O2. The zero-order valence-corrected chi connectivity index (χ0v) is 19.7. The van der Waals surface area contributed by atoms with Gasteiger partial charge in [-0.25, -0.2) is 9.97 Å². The Kier molecular flexibility index (Phi) is 5.61. The Morgan fingerprint density at radius 1 is 1.00 bits per heavy atom. The van der Waals surface area contributed by atoms with Gasteiger partial charge in [0.1, 0.15) is 17.6 Å². The Morgan fingerprint density at radius 2 is 1.65 bits per heavy atom. The molecule has 7 rings (SSSR count). The molecule has 3 saturated heterocycles. The molecular formula is C25H31N5O4. The van der Waals surface area contributed by atoms with Crippen LogP contribution in [0.2, 0.25) is 0 Å². The summed E-state index contributed by atoms with van der Waals surface area (Å²) in [5.41, 5.74) is 1.63. The van der Waals surface area contributed by atoms with Crippen molar-refractivity contribution in [1.82, 2.24) is 24.4 Å². The molecule has 4 atom stereocenters. The van der Waals surface area contributed by atoms with Crippen LogP contribution in [-0.2, 0) is 16.5 Å². The zero-order valence-electron chi connectivity index (χ0n) is 19.7. The van der Waals surface area contributed by atoms with Crippen LogP contribution in [0.1, 0.15) is 56.3 Å². The Labute approximate surface area is 198 Å². The fourth-order valence-corrected chi connectivity index (χ4v) is 5.81. The topological polar surface area (TPSA) is 91.6 Å². The van der Waals surface area contributed by atoms with Gasteiger partial charge in [0.15, 0.2) is 0 Å². The molecule has 5 aliphatic rings. The molecule has 3 aliphatic heterocycles. The van der Waals surface area contributed by atoms with Crippen molar-refractivity contribution >= 4 is 5.76 Å². The number of ether oxygens (including phenoxy) is 3.